The molecule has 1 aliphatic heterocycles. The molecule has 1 fully saturated rings. The van der Waals surface area contributed by atoms with Crippen LogP contribution in [0.15, 0.2) is 30.9 Å². The number of anilines is 1. The molecular weight excluding hydrogens is 395 g/mol. The molecule has 2 heterocycles. The van der Waals surface area contributed by atoms with E-state index in [1.165, 1.54) is 35.2 Å². The minimum Gasteiger partial charge on any atom is -0.379 e. The Hall–Kier alpha value is -2.11. The lowest BCUT2D eigenvalue weighted by atomic mass is 10.1. The third kappa shape index (κ3) is 5.69. The van der Waals surface area contributed by atoms with Crippen LogP contribution in [0.5, 0.6) is 0 Å². The van der Waals surface area contributed by atoms with Gasteiger partial charge >= 0.3 is 6.18 Å². The maximum atomic E-state index is 13.0. The number of hydrogen-bond donors (Lipinski definition) is 1. The first-order valence-electron chi connectivity index (χ1n) is 8.67. The van der Waals surface area contributed by atoms with Gasteiger partial charge in [0.2, 0.25) is 5.91 Å². The van der Waals surface area contributed by atoms with Crippen LogP contribution < -0.4 is 5.32 Å². The first-order chi connectivity index (χ1) is 13.4. The van der Waals surface area contributed by atoms with E-state index >= 15 is 0 Å². The van der Waals surface area contributed by atoms with Gasteiger partial charge in [0.25, 0.3) is 0 Å². The summed E-state index contributed by atoms with van der Waals surface area (Å²) in [4.78, 5) is 18.3. The van der Waals surface area contributed by atoms with E-state index in [2.05, 4.69) is 20.3 Å². The van der Waals surface area contributed by atoms with Crippen LogP contribution in [-0.4, -0.2) is 69.9 Å². The summed E-state index contributed by atoms with van der Waals surface area (Å²) in [5.41, 5.74) is -0.483. The van der Waals surface area contributed by atoms with Crippen molar-refractivity contribution in [3.05, 3.63) is 36.4 Å². The quantitative estimate of drug-likeness (QED) is 0.700. The predicted molar refractivity (Wildman–Crippen MR) is 99.6 cm³/mol. The van der Waals surface area contributed by atoms with E-state index in [1.807, 2.05) is 0 Å². The second-order valence-corrected chi connectivity index (χ2v) is 7.23. The van der Waals surface area contributed by atoms with Crippen molar-refractivity contribution in [1.82, 2.24) is 19.7 Å². The molecule has 7 nitrogen and oxygen atoms in total. The van der Waals surface area contributed by atoms with E-state index in [-0.39, 0.29) is 17.3 Å². The number of hydrogen-bond acceptors (Lipinski definition) is 6. The molecular formula is C17H20F3N5O2S. The Morgan fingerprint density at radius 3 is 2.75 bits per heavy atom. The number of aromatic nitrogens is 3. The van der Waals surface area contributed by atoms with Gasteiger partial charge in [-0.15, -0.1) is 0 Å². The van der Waals surface area contributed by atoms with Crippen molar-refractivity contribution in [2.24, 2.45) is 0 Å². The smallest absolute Gasteiger partial charge is 0.379 e. The summed E-state index contributed by atoms with van der Waals surface area (Å²) in [5, 5.41) is 6.49. The van der Waals surface area contributed by atoms with Crippen molar-refractivity contribution in [2.75, 3.05) is 49.7 Å². The van der Waals surface area contributed by atoms with E-state index in [0.717, 1.165) is 37.5 Å². The molecule has 1 aromatic carbocycles. The lowest BCUT2D eigenvalue weighted by molar-refractivity contribution is -0.137. The first-order valence-corrected chi connectivity index (χ1v) is 9.83. The van der Waals surface area contributed by atoms with Crippen molar-refractivity contribution in [2.45, 2.75) is 6.18 Å². The number of carbonyl (C=O) groups is 1. The average molecular weight is 415 g/mol. The third-order valence-corrected chi connectivity index (χ3v) is 5.09. The highest BCUT2D eigenvalue weighted by atomic mass is 32.2. The lowest BCUT2D eigenvalue weighted by Gasteiger charge is -2.26. The molecule has 0 radical (unpaired) electrons. The topological polar surface area (TPSA) is 72.3 Å². The Labute approximate surface area is 164 Å². The number of rotatable bonds is 7. The molecule has 28 heavy (non-hydrogen) atoms. The van der Waals surface area contributed by atoms with Crippen LogP contribution in [-0.2, 0) is 15.7 Å². The van der Waals surface area contributed by atoms with Crippen LogP contribution in [0.3, 0.4) is 0 Å². The molecule has 1 aliphatic rings. The number of halogens is 3. The maximum Gasteiger partial charge on any atom is 0.416 e. The minimum absolute atomic E-state index is 0.0408. The second-order valence-electron chi connectivity index (χ2n) is 6.12. The molecule has 0 spiro atoms. The number of thioether (sulfide) groups is 1. The van der Waals surface area contributed by atoms with Crippen LogP contribution in [0.4, 0.5) is 18.9 Å². The highest BCUT2D eigenvalue weighted by molar-refractivity contribution is 7.99. The Morgan fingerprint density at radius 1 is 1.29 bits per heavy atom. The molecule has 3 rings (SSSR count). The zero-order valence-corrected chi connectivity index (χ0v) is 15.8. The normalized spacial score (nSPS) is 15.5. The number of nitrogens with one attached hydrogen (secondary N) is 1. The summed E-state index contributed by atoms with van der Waals surface area (Å²) in [5.74, 6) is 0.538. The van der Waals surface area contributed by atoms with E-state index in [0.29, 0.717) is 18.9 Å². The summed E-state index contributed by atoms with van der Waals surface area (Å²) in [6, 6.07) is 3.12. The molecule has 11 heteroatoms. The van der Waals surface area contributed by atoms with Crippen LogP contribution in [0, 0.1) is 0 Å². The molecule has 0 unspecified atom stereocenters. The van der Waals surface area contributed by atoms with E-state index in [4.69, 9.17) is 4.74 Å². The van der Waals surface area contributed by atoms with Crippen molar-refractivity contribution < 1.29 is 22.7 Å². The molecule has 1 aromatic heterocycles. The number of benzene rings is 1. The second kappa shape index (κ2) is 9.39. The zero-order valence-electron chi connectivity index (χ0n) is 15.0. The summed E-state index contributed by atoms with van der Waals surface area (Å²) in [6.07, 6.45) is -1.88. The van der Waals surface area contributed by atoms with Gasteiger partial charge in [0.1, 0.15) is 12.7 Å². The highest BCUT2D eigenvalue weighted by Gasteiger charge is 2.31. The van der Waals surface area contributed by atoms with Crippen LogP contribution in [0.2, 0.25) is 0 Å². The van der Waals surface area contributed by atoms with Gasteiger partial charge in [-0.05, 0) is 18.2 Å². The number of nitrogens with zero attached hydrogens (tertiary/aromatic N) is 4. The summed E-state index contributed by atoms with van der Waals surface area (Å²) in [7, 11) is 0. The average Bonchev–Trinajstić information content (AvgIpc) is 3.20. The van der Waals surface area contributed by atoms with Crippen molar-refractivity contribution in [3.63, 3.8) is 0 Å². The lowest BCUT2D eigenvalue weighted by Crippen LogP contribution is -2.37. The SMILES string of the molecule is O=C(CSCCN1CCOCC1)Nc1cc(C(F)(F)F)ccc1-n1cncn1. The van der Waals surface area contributed by atoms with Gasteiger partial charge < -0.3 is 10.1 Å². The fourth-order valence-electron chi connectivity index (χ4n) is 2.71. The van der Waals surface area contributed by atoms with Gasteiger partial charge in [0.15, 0.2) is 0 Å². The number of ether oxygens (including phenoxy) is 1. The first kappa shape index (κ1) is 20.6. The van der Waals surface area contributed by atoms with Gasteiger partial charge in [-0.25, -0.2) is 9.67 Å². The third-order valence-electron chi connectivity index (χ3n) is 4.15. The zero-order chi connectivity index (χ0) is 20.0. The van der Waals surface area contributed by atoms with Crippen molar-refractivity contribution in [1.29, 1.82) is 0 Å². The molecule has 0 bridgehead atoms. The Morgan fingerprint density at radius 2 is 2.07 bits per heavy atom. The van der Waals surface area contributed by atoms with Crippen molar-refractivity contribution in [3.8, 4) is 5.69 Å². The molecule has 2 aromatic rings. The summed E-state index contributed by atoms with van der Waals surface area (Å²) >= 11 is 1.44. The maximum absolute atomic E-state index is 13.0. The Bertz CT molecular complexity index is 780. The van der Waals surface area contributed by atoms with Gasteiger partial charge in [-0.2, -0.15) is 30.0 Å². The minimum atomic E-state index is -4.51. The molecule has 152 valence electrons. The molecule has 0 atom stereocenters. The number of morpholine rings is 1. The Kier molecular flexibility index (Phi) is 6.92. The number of carbonyl (C=O) groups excluding carboxylic acids is 1. The van der Waals surface area contributed by atoms with E-state index in [9.17, 15) is 18.0 Å². The molecule has 1 saturated heterocycles. The van der Waals surface area contributed by atoms with Crippen LogP contribution >= 0.6 is 11.8 Å². The molecule has 1 amide bonds. The number of amides is 1. The summed E-state index contributed by atoms with van der Waals surface area (Å²) in [6.45, 7) is 4.02. The van der Waals surface area contributed by atoms with E-state index in [1.54, 1.807) is 0 Å². The predicted octanol–water partition coefficient (Wildman–Crippen LogP) is 2.29. The van der Waals surface area contributed by atoms with Crippen LogP contribution in [0.25, 0.3) is 5.69 Å². The van der Waals surface area contributed by atoms with Gasteiger partial charge in [-0.3, -0.25) is 9.69 Å². The standard InChI is InChI=1S/C17H20F3N5O2S/c18-17(19,20)13-1-2-15(25-12-21-11-22-25)14(9-13)23-16(26)10-28-8-5-24-3-6-27-7-4-24/h1-2,9,11-12H,3-8,10H2,(H,23,26). The van der Waals surface area contributed by atoms with Gasteiger partial charge in [0, 0.05) is 25.4 Å². The molecule has 1 N–H and O–H groups in total. The van der Waals surface area contributed by atoms with E-state index < -0.39 is 11.7 Å². The molecule has 0 saturated carbocycles. The van der Waals surface area contributed by atoms with Gasteiger partial charge in [-0.1, -0.05) is 0 Å². The Balaban J connectivity index is 1.60. The number of alkyl halides is 3. The van der Waals surface area contributed by atoms with Crippen LogP contribution in [0.1, 0.15) is 5.56 Å². The fraction of sp³-hybridized carbons (Fsp3) is 0.471. The highest BCUT2D eigenvalue weighted by Crippen LogP contribution is 2.33. The monoisotopic (exact) mass is 415 g/mol. The van der Waals surface area contributed by atoms with Crippen molar-refractivity contribution >= 4 is 23.4 Å². The fourth-order valence-corrected chi connectivity index (χ4v) is 3.50. The van der Waals surface area contributed by atoms with Gasteiger partial charge in [0.05, 0.1) is 35.9 Å². The summed E-state index contributed by atoms with van der Waals surface area (Å²) < 4.78 is 45.7. The largest absolute Gasteiger partial charge is 0.416 e. The molecule has 0 aliphatic carbocycles.